The van der Waals surface area contributed by atoms with Crippen LogP contribution in [0.4, 0.5) is 16.4 Å². The van der Waals surface area contributed by atoms with Crippen LogP contribution in [0.1, 0.15) is 27.7 Å². The molecule has 13 nitrogen and oxygen atoms in total. The standard InChI is InChI=1S/C17H21N7O6/c1-4-7-30-17(29)18-6-5-12(25)19-10-8-23(2)13(20-10)15(26)22-11-9-24(3)14(21-11)16(27)28/h4,8-9H,1,5-7H2,2-3H3,(H,18,29)(H,19,25)(H,22,26)(H,27,28). The average molecular weight is 419 g/mol. The molecule has 0 saturated carbocycles. The molecule has 2 aromatic rings. The first-order valence-corrected chi connectivity index (χ1v) is 8.64. The Balaban J connectivity index is 1.91. The Bertz CT molecular complexity index is 977. The van der Waals surface area contributed by atoms with Crippen LogP contribution >= 0.6 is 0 Å². The maximum Gasteiger partial charge on any atom is 0.407 e. The zero-order valence-corrected chi connectivity index (χ0v) is 16.3. The SMILES string of the molecule is C=CCOC(=O)NCCC(=O)Nc1cn(C)c(C(=O)Nc2cn(C)c(C(=O)O)n2)n1. The lowest BCUT2D eigenvalue weighted by Gasteiger charge is -2.05. The fourth-order valence-corrected chi connectivity index (χ4v) is 2.30. The molecule has 2 heterocycles. The molecule has 13 heteroatoms. The molecule has 0 saturated heterocycles. The fourth-order valence-electron chi connectivity index (χ4n) is 2.30. The number of carbonyl (C=O) groups is 4. The van der Waals surface area contributed by atoms with E-state index in [2.05, 4.69) is 32.5 Å². The summed E-state index contributed by atoms with van der Waals surface area (Å²) in [6, 6.07) is 0. The summed E-state index contributed by atoms with van der Waals surface area (Å²) < 4.78 is 7.35. The number of carboxylic acids is 1. The van der Waals surface area contributed by atoms with Crippen molar-refractivity contribution in [1.29, 1.82) is 0 Å². The molecule has 0 aliphatic heterocycles. The molecular formula is C17H21N7O6. The average Bonchev–Trinajstić information content (AvgIpc) is 3.21. The molecule has 0 unspecified atom stereocenters. The number of aromatic nitrogens is 4. The quantitative estimate of drug-likeness (QED) is 0.422. The van der Waals surface area contributed by atoms with E-state index in [1.54, 1.807) is 7.05 Å². The zero-order valence-electron chi connectivity index (χ0n) is 16.3. The number of rotatable bonds is 9. The van der Waals surface area contributed by atoms with Gasteiger partial charge in [-0.2, -0.15) is 0 Å². The van der Waals surface area contributed by atoms with Gasteiger partial charge in [-0.25, -0.2) is 19.6 Å². The molecule has 0 spiro atoms. The van der Waals surface area contributed by atoms with Crippen molar-refractivity contribution in [2.24, 2.45) is 14.1 Å². The smallest absolute Gasteiger partial charge is 0.407 e. The fraction of sp³-hybridized carbons (Fsp3) is 0.294. The number of hydrogen-bond acceptors (Lipinski definition) is 7. The largest absolute Gasteiger partial charge is 0.475 e. The first-order valence-electron chi connectivity index (χ1n) is 8.64. The number of hydrogen-bond donors (Lipinski definition) is 4. The normalized spacial score (nSPS) is 10.2. The number of alkyl carbamates (subject to hydrolysis) is 1. The molecule has 0 aliphatic rings. The number of amides is 3. The molecule has 2 rings (SSSR count). The second-order valence-corrected chi connectivity index (χ2v) is 5.99. The summed E-state index contributed by atoms with van der Waals surface area (Å²) >= 11 is 0. The Morgan fingerprint density at radius 3 is 2.30 bits per heavy atom. The first kappa shape index (κ1) is 22.1. The van der Waals surface area contributed by atoms with Gasteiger partial charge in [-0.1, -0.05) is 12.7 Å². The van der Waals surface area contributed by atoms with Gasteiger partial charge in [0.15, 0.2) is 11.6 Å². The van der Waals surface area contributed by atoms with E-state index in [1.165, 1.54) is 34.7 Å². The van der Waals surface area contributed by atoms with Crippen LogP contribution in [-0.2, 0) is 23.6 Å². The maximum absolute atomic E-state index is 12.4. The summed E-state index contributed by atoms with van der Waals surface area (Å²) in [6.07, 6.45) is 3.49. The van der Waals surface area contributed by atoms with E-state index in [1.807, 2.05) is 0 Å². The van der Waals surface area contributed by atoms with Crippen molar-refractivity contribution in [3.63, 3.8) is 0 Å². The molecule has 0 atom stereocenters. The molecule has 4 N–H and O–H groups in total. The summed E-state index contributed by atoms with van der Waals surface area (Å²) in [5.74, 6) is -2.39. The number of nitrogens with zero attached hydrogens (tertiary/aromatic N) is 4. The van der Waals surface area contributed by atoms with Crippen molar-refractivity contribution < 1.29 is 29.0 Å². The first-order chi connectivity index (χ1) is 14.2. The lowest BCUT2D eigenvalue weighted by molar-refractivity contribution is -0.116. The summed E-state index contributed by atoms with van der Waals surface area (Å²) in [5, 5.41) is 16.4. The minimum atomic E-state index is -1.23. The van der Waals surface area contributed by atoms with E-state index >= 15 is 0 Å². The Morgan fingerprint density at radius 2 is 1.70 bits per heavy atom. The zero-order chi connectivity index (χ0) is 22.3. The Hall–Kier alpha value is -4.16. The minimum Gasteiger partial charge on any atom is -0.475 e. The highest BCUT2D eigenvalue weighted by Crippen LogP contribution is 2.12. The van der Waals surface area contributed by atoms with Gasteiger partial charge < -0.3 is 34.9 Å². The molecule has 0 aliphatic carbocycles. The predicted molar refractivity (Wildman–Crippen MR) is 104 cm³/mol. The van der Waals surface area contributed by atoms with E-state index in [9.17, 15) is 19.2 Å². The highest BCUT2D eigenvalue weighted by atomic mass is 16.5. The van der Waals surface area contributed by atoms with Gasteiger partial charge in [0.2, 0.25) is 17.6 Å². The summed E-state index contributed by atoms with van der Waals surface area (Å²) in [4.78, 5) is 54.5. The van der Waals surface area contributed by atoms with Crippen molar-refractivity contribution in [3.05, 3.63) is 36.7 Å². The minimum absolute atomic E-state index is 0.0287. The second-order valence-electron chi connectivity index (χ2n) is 5.99. The van der Waals surface area contributed by atoms with Crippen LogP contribution in [0.15, 0.2) is 25.0 Å². The highest BCUT2D eigenvalue weighted by molar-refractivity contribution is 6.02. The molecule has 30 heavy (non-hydrogen) atoms. The number of imidazole rings is 2. The Morgan fingerprint density at radius 1 is 1.10 bits per heavy atom. The van der Waals surface area contributed by atoms with Gasteiger partial charge in [-0.05, 0) is 0 Å². The van der Waals surface area contributed by atoms with Gasteiger partial charge in [-0.3, -0.25) is 9.59 Å². The summed E-state index contributed by atoms with van der Waals surface area (Å²) in [7, 11) is 3.03. The molecule has 0 radical (unpaired) electrons. The van der Waals surface area contributed by atoms with Gasteiger partial charge in [0, 0.05) is 39.5 Å². The van der Waals surface area contributed by atoms with Crippen LogP contribution in [0.25, 0.3) is 0 Å². The van der Waals surface area contributed by atoms with E-state index in [-0.39, 0.29) is 42.9 Å². The maximum atomic E-state index is 12.4. The number of ether oxygens (including phenoxy) is 1. The summed E-state index contributed by atoms with van der Waals surface area (Å²) in [6.45, 7) is 3.52. The molecule has 0 fully saturated rings. The van der Waals surface area contributed by atoms with E-state index < -0.39 is 23.9 Å². The molecular weight excluding hydrogens is 398 g/mol. The van der Waals surface area contributed by atoms with Crippen molar-refractivity contribution in [2.75, 3.05) is 23.8 Å². The van der Waals surface area contributed by atoms with Crippen molar-refractivity contribution in [1.82, 2.24) is 24.4 Å². The number of carbonyl (C=O) groups excluding carboxylic acids is 3. The third-order valence-corrected chi connectivity index (χ3v) is 3.61. The van der Waals surface area contributed by atoms with Crippen LogP contribution in [0, 0.1) is 0 Å². The topological polar surface area (TPSA) is 169 Å². The molecule has 0 bridgehead atoms. The summed E-state index contributed by atoms with van der Waals surface area (Å²) in [5.41, 5.74) is 0. The number of aryl methyl sites for hydroxylation is 2. The third kappa shape index (κ3) is 5.92. The second kappa shape index (κ2) is 9.86. The van der Waals surface area contributed by atoms with E-state index in [0.717, 1.165) is 0 Å². The lowest BCUT2D eigenvalue weighted by Crippen LogP contribution is -2.28. The third-order valence-electron chi connectivity index (χ3n) is 3.61. The highest BCUT2D eigenvalue weighted by Gasteiger charge is 2.18. The number of nitrogens with one attached hydrogen (secondary N) is 3. The Kier molecular flexibility index (Phi) is 7.27. The van der Waals surface area contributed by atoms with Crippen molar-refractivity contribution in [2.45, 2.75) is 6.42 Å². The molecule has 2 aromatic heterocycles. The lowest BCUT2D eigenvalue weighted by atomic mass is 10.4. The van der Waals surface area contributed by atoms with Crippen LogP contribution in [-0.4, -0.2) is 61.2 Å². The number of carboxylic acid groups (broad SMARTS) is 1. The molecule has 3 amide bonds. The van der Waals surface area contributed by atoms with Crippen LogP contribution in [0.2, 0.25) is 0 Å². The number of aromatic carboxylic acids is 1. The van der Waals surface area contributed by atoms with E-state index in [4.69, 9.17) is 9.84 Å². The number of anilines is 2. The Labute approximate surface area is 170 Å². The monoisotopic (exact) mass is 419 g/mol. The van der Waals surface area contributed by atoms with Gasteiger partial charge in [0.25, 0.3) is 5.91 Å². The van der Waals surface area contributed by atoms with Gasteiger partial charge in [0.05, 0.1) is 0 Å². The van der Waals surface area contributed by atoms with Gasteiger partial charge in [-0.15, -0.1) is 0 Å². The van der Waals surface area contributed by atoms with Gasteiger partial charge >= 0.3 is 12.1 Å². The van der Waals surface area contributed by atoms with Crippen molar-refractivity contribution in [3.8, 4) is 0 Å². The van der Waals surface area contributed by atoms with Crippen molar-refractivity contribution >= 4 is 35.5 Å². The molecule has 0 aromatic carbocycles. The van der Waals surface area contributed by atoms with Crippen LogP contribution < -0.4 is 16.0 Å². The van der Waals surface area contributed by atoms with Crippen LogP contribution in [0.5, 0.6) is 0 Å². The van der Waals surface area contributed by atoms with E-state index in [0.29, 0.717) is 0 Å². The van der Waals surface area contributed by atoms with Crippen LogP contribution in [0.3, 0.4) is 0 Å². The predicted octanol–water partition coefficient (Wildman–Crippen LogP) is 0.345. The van der Waals surface area contributed by atoms with Gasteiger partial charge in [0.1, 0.15) is 6.61 Å². The molecule has 160 valence electrons.